The van der Waals surface area contributed by atoms with E-state index < -0.39 is 10.9 Å². The Labute approximate surface area is 78.9 Å². The highest BCUT2D eigenvalue weighted by Crippen LogP contribution is 2.06. The van der Waals surface area contributed by atoms with Gasteiger partial charge in [0.2, 0.25) is 5.82 Å². The Balaban J connectivity index is 2.83. The van der Waals surface area contributed by atoms with Gasteiger partial charge >= 0.3 is 11.7 Å². The number of aromatic nitrogens is 2. The summed E-state index contributed by atoms with van der Waals surface area (Å²) in [4.78, 5) is 27.6. The Hall–Kier alpha value is -2.05. The molecule has 0 unspecified atom stereocenters. The van der Waals surface area contributed by atoms with Gasteiger partial charge in [-0.15, -0.1) is 0 Å². The first-order valence-electron chi connectivity index (χ1n) is 3.78. The number of rotatable bonds is 3. The molecule has 0 radical (unpaired) electrons. The van der Waals surface area contributed by atoms with Crippen LogP contribution in [0.15, 0.2) is 12.4 Å². The largest absolute Gasteiger partial charge is 0.460 e. The Morgan fingerprint density at radius 2 is 2.14 bits per heavy atom. The van der Waals surface area contributed by atoms with Crippen molar-refractivity contribution >= 4 is 11.7 Å². The van der Waals surface area contributed by atoms with Gasteiger partial charge in [-0.3, -0.25) is 10.1 Å². The van der Waals surface area contributed by atoms with Crippen molar-refractivity contribution in [3.63, 3.8) is 0 Å². The molecule has 0 aliphatic carbocycles. The maximum Gasteiger partial charge on any atom is 0.376 e. The van der Waals surface area contributed by atoms with Gasteiger partial charge in [-0.25, -0.2) is 14.8 Å². The molecule has 0 saturated heterocycles. The molecular formula is C7H7N3O4. The van der Waals surface area contributed by atoms with Crippen LogP contribution in [0.2, 0.25) is 0 Å². The second-order valence-corrected chi connectivity index (χ2v) is 2.24. The summed E-state index contributed by atoms with van der Waals surface area (Å²) in [6.07, 6.45) is 1.92. The molecule has 0 fully saturated rings. The molecule has 1 aromatic heterocycles. The minimum absolute atomic E-state index is 0.183. The van der Waals surface area contributed by atoms with E-state index in [0.717, 1.165) is 12.4 Å². The number of esters is 1. The zero-order valence-corrected chi connectivity index (χ0v) is 7.34. The zero-order valence-electron chi connectivity index (χ0n) is 7.34. The highest BCUT2D eigenvalue weighted by Gasteiger charge is 2.12. The highest BCUT2D eigenvalue weighted by molar-refractivity contribution is 5.85. The van der Waals surface area contributed by atoms with Gasteiger partial charge in [0.25, 0.3) is 0 Å². The lowest BCUT2D eigenvalue weighted by Gasteiger charge is -1.98. The van der Waals surface area contributed by atoms with Gasteiger partial charge in [0.05, 0.1) is 11.5 Å². The van der Waals surface area contributed by atoms with Crippen LogP contribution in [0.4, 0.5) is 5.69 Å². The lowest BCUT2D eigenvalue weighted by molar-refractivity contribution is -0.385. The predicted octanol–water partition coefficient (Wildman–Crippen LogP) is 0.561. The van der Waals surface area contributed by atoms with Crippen molar-refractivity contribution in [3.8, 4) is 0 Å². The molecule has 1 aromatic rings. The summed E-state index contributed by atoms with van der Waals surface area (Å²) in [7, 11) is 0. The van der Waals surface area contributed by atoms with E-state index in [1.54, 1.807) is 6.92 Å². The van der Waals surface area contributed by atoms with Gasteiger partial charge in [-0.05, 0) is 6.92 Å². The molecule has 0 saturated carbocycles. The molecule has 0 amide bonds. The molecule has 0 spiro atoms. The maximum atomic E-state index is 11.0. The minimum atomic E-state index is -0.692. The van der Waals surface area contributed by atoms with Crippen LogP contribution in [0, 0.1) is 10.1 Å². The maximum absolute atomic E-state index is 11.0. The van der Waals surface area contributed by atoms with Crippen molar-refractivity contribution in [2.75, 3.05) is 6.61 Å². The SMILES string of the molecule is CCOC(=O)c1ncc([N+](=O)[O-])cn1. The number of carbonyl (C=O) groups is 1. The number of nitro groups is 1. The van der Waals surface area contributed by atoms with Crippen LogP contribution < -0.4 is 0 Å². The van der Waals surface area contributed by atoms with Crippen LogP contribution in [-0.4, -0.2) is 27.5 Å². The molecule has 0 bridgehead atoms. The van der Waals surface area contributed by atoms with Crippen molar-refractivity contribution in [3.05, 3.63) is 28.3 Å². The molecule has 1 rings (SSSR count). The van der Waals surface area contributed by atoms with E-state index >= 15 is 0 Å². The van der Waals surface area contributed by atoms with Crippen molar-refractivity contribution in [1.29, 1.82) is 0 Å². The molecule has 0 aliphatic rings. The first-order chi connectivity index (χ1) is 6.65. The monoisotopic (exact) mass is 197 g/mol. The van der Waals surface area contributed by atoms with E-state index in [2.05, 4.69) is 14.7 Å². The van der Waals surface area contributed by atoms with Gasteiger partial charge < -0.3 is 4.74 Å². The number of carbonyl (C=O) groups excluding carboxylic acids is 1. The summed E-state index contributed by atoms with van der Waals surface area (Å²) in [5.74, 6) is -0.875. The fourth-order valence-corrected chi connectivity index (χ4v) is 0.717. The molecule has 0 atom stereocenters. The second kappa shape index (κ2) is 4.26. The number of hydrogen-bond acceptors (Lipinski definition) is 6. The number of nitrogens with zero attached hydrogens (tertiary/aromatic N) is 3. The first kappa shape index (κ1) is 10.0. The summed E-state index contributed by atoms with van der Waals surface area (Å²) < 4.78 is 4.59. The molecule has 0 aliphatic heterocycles. The normalized spacial score (nSPS) is 9.50. The van der Waals surface area contributed by atoms with Crippen LogP contribution in [-0.2, 0) is 4.74 Å². The molecule has 0 N–H and O–H groups in total. The number of hydrogen-bond donors (Lipinski definition) is 0. The third kappa shape index (κ3) is 2.22. The Morgan fingerprint density at radius 3 is 2.57 bits per heavy atom. The quantitative estimate of drug-likeness (QED) is 0.399. The van der Waals surface area contributed by atoms with Crippen LogP contribution in [0.1, 0.15) is 17.5 Å². The summed E-state index contributed by atoms with van der Waals surface area (Å²) in [6, 6.07) is 0. The highest BCUT2D eigenvalue weighted by atomic mass is 16.6. The van der Waals surface area contributed by atoms with Crippen LogP contribution in [0.3, 0.4) is 0 Å². The molecular weight excluding hydrogens is 190 g/mol. The number of ether oxygens (including phenoxy) is 1. The zero-order chi connectivity index (χ0) is 10.6. The minimum Gasteiger partial charge on any atom is -0.460 e. The van der Waals surface area contributed by atoms with Gasteiger partial charge in [0.1, 0.15) is 12.4 Å². The van der Waals surface area contributed by atoms with Crippen LogP contribution in [0.25, 0.3) is 0 Å². The molecule has 14 heavy (non-hydrogen) atoms. The van der Waals surface area contributed by atoms with E-state index in [-0.39, 0.29) is 18.1 Å². The van der Waals surface area contributed by atoms with Gasteiger partial charge in [-0.1, -0.05) is 0 Å². The van der Waals surface area contributed by atoms with E-state index in [1.165, 1.54) is 0 Å². The van der Waals surface area contributed by atoms with E-state index in [9.17, 15) is 14.9 Å². The lowest BCUT2D eigenvalue weighted by Crippen LogP contribution is -2.09. The first-order valence-corrected chi connectivity index (χ1v) is 3.78. The average molecular weight is 197 g/mol. The molecule has 0 aromatic carbocycles. The summed E-state index contributed by atoms with van der Waals surface area (Å²) in [5.41, 5.74) is -0.266. The van der Waals surface area contributed by atoms with E-state index in [0.29, 0.717) is 0 Å². The van der Waals surface area contributed by atoms with E-state index in [1.807, 2.05) is 0 Å². The van der Waals surface area contributed by atoms with Crippen molar-refractivity contribution < 1.29 is 14.5 Å². The molecule has 74 valence electrons. The topological polar surface area (TPSA) is 95.2 Å². The third-order valence-electron chi connectivity index (χ3n) is 1.31. The van der Waals surface area contributed by atoms with Crippen molar-refractivity contribution in [1.82, 2.24) is 9.97 Å². The molecule has 1 heterocycles. The summed E-state index contributed by atoms with van der Waals surface area (Å²) >= 11 is 0. The van der Waals surface area contributed by atoms with E-state index in [4.69, 9.17) is 0 Å². The summed E-state index contributed by atoms with van der Waals surface area (Å²) in [6.45, 7) is 1.85. The Kier molecular flexibility index (Phi) is 3.05. The fourth-order valence-electron chi connectivity index (χ4n) is 0.717. The Morgan fingerprint density at radius 1 is 1.57 bits per heavy atom. The van der Waals surface area contributed by atoms with Gasteiger partial charge in [-0.2, -0.15) is 0 Å². The molecule has 7 heteroatoms. The third-order valence-corrected chi connectivity index (χ3v) is 1.31. The van der Waals surface area contributed by atoms with Crippen molar-refractivity contribution in [2.45, 2.75) is 6.92 Å². The Bertz CT molecular complexity index is 348. The smallest absolute Gasteiger partial charge is 0.376 e. The van der Waals surface area contributed by atoms with Gasteiger partial charge in [0, 0.05) is 0 Å². The second-order valence-electron chi connectivity index (χ2n) is 2.24. The fraction of sp³-hybridized carbons (Fsp3) is 0.286. The van der Waals surface area contributed by atoms with Gasteiger partial charge in [0.15, 0.2) is 0 Å². The van der Waals surface area contributed by atoms with Crippen LogP contribution in [0.5, 0.6) is 0 Å². The summed E-state index contributed by atoms with van der Waals surface area (Å²) in [5, 5.41) is 10.2. The standard InChI is InChI=1S/C7H7N3O4/c1-2-14-7(11)6-8-3-5(4-9-6)10(12)13/h3-4H,2H2,1H3. The van der Waals surface area contributed by atoms with Crippen molar-refractivity contribution in [2.24, 2.45) is 0 Å². The average Bonchev–Trinajstić information content (AvgIpc) is 2.18. The predicted molar refractivity (Wildman–Crippen MR) is 44.6 cm³/mol. The molecule has 7 nitrogen and oxygen atoms in total. The van der Waals surface area contributed by atoms with Crippen LogP contribution >= 0.6 is 0 Å². The lowest BCUT2D eigenvalue weighted by atomic mass is 10.5.